The molecule has 0 saturated heterocycles. The van der Waals surface area contributed by atoms with E-state index < -0.39 is 6.61 Å². The SMILES string of the molecule is C[NH+](CC(=O)NCCc1ccc(OC(F)F)cc1)[C@H]1CCCc2ccccc21. The maximum atomic E-state index is 12.3. The molecule has 2 aromatic carbocycles. The molecule has 1 unspecified atom stereocenters. The molecule has 2 N–H and O–H groups in total. The van der Waals surface area contributed by atoms with Crippen LogP contribution >= 0.6 is 0 Å². The van der Waals surface area contributed by atoms with E-state index in [0.717, 1.165) is 24.8 Å². The Balaban J connectivity index is 1.44. The molecule has 0 bridgehead atoms. The van der Waals surface area contributed by atoms with Crippen molar-refractivity contribution >= 4 is 5.91 Å². The Bertz CT molecular complexity index is 780. The number of amides is 1. The second-order valence-corrected chi connectivity index (χ2v) is 7.29. The number of carbonyl (C=O) groups excluding carboxylic acids is 1. The van der Waals surface area contributed by atoms with Gasteiger partial charge in [-0.1, -0.05) is 36.4 Å². The molecule has 2 atom stereocenters. The molecule has 0 aliphatic heterocycles. The average molecular weight is 389 g/mol. The largest absolute Gasteiger partial charge is 0.435 e. The summed E-state index contributed by atoms with van der Waals surface area (Å²) in [6.07, 6.45) is 4.02. The van der Waals surface area contributed by atoms with Gasteiger partial charge in [-0.2, -0.15) is 8.78 Å². The lowest BCUT2D eigenvalue weighted by Crippen LogP contribution is -3.10. The van der Waals surface area contributed by atoms with Gasteiger partial charge in [-0.3, -0.25) is 4.79 Å². The smallest absolute Gasteiger partial charge is 0.387 e. The lowest BCUT2D eigenvalue weighted by molar-refractivity contribution is -0.905. The van der Waals surface area contributed by atoms with Crippen molar-refractivity contribution in [1.82, 2.24) is 5.32 Å². The first-order valence-electron chi connectivity index (χ1n) is 9.73. The van der Waals surface area contributed by atoms with E-state index in [-0.39, 0.29) is 11.7 Å². The van der Waals surface area contributed by atoms with Crippen molar-refractivity contribution < 1.29 is 23.2 Å². The number of ether oxygens (including phenoxy) is 1. The van der Waals surface area contributed by atoms with Crippen LogP contribution in [0.5, 0.6) is 5.75 Å². The summed E-state index contributed by atoms with van der Waals surface area (Å²) in [5, 5.41) is 2.96. The first-order valence-corrected chi connectivity index (χ1v) is 9.73. The number of likely N-dealkylation sites (N-methyl/N-ethyl adjacent to an activating group) is 1. The van der Waals surface area contributed by atoms with E-state index in [1.54, 1.807) is 12.1 Å². The summed E-state index contributed by atoms with van der Waals surface area (Å²) in [5.74, 6) is 0.166. The Kier molecular flexibility index (Phi) is 6.98. The molecule has 0 aromatic heterocycles. The van der Waals surface area contributed by atoms with Crippen molar-refractivity contribution in [1.29, 1.82) is 0 Å². The summed E-state index contributed by atoms with van der Waals surface area (Å²) in [7, 11) is 2.08. The second-order valence-electron chi connectivity index (χ2n) is 7.29. The Labute approximate surface area is 164 Å². The topological polar surface area (TPSA) is 42.8 Å². The van der Waals surface area contributed by atoms with Gasteiger partial charge in [0.25, 0.3) is 5.91 Å². The zero-order valence-corrected chi connectivity index (χ0v) is 16.1. The quantitative estimate of drug-likeness (QED) is 0.729. The molecule has 28 heavy (non-hydrogen) atoms. The molecular formula is C22H27F2N2O2+. The zero-order valence-electron chi connectivity index (χ0n) is 16.1. The van der Waals surface area contributed by atoms with Crippen molar-refractivity contribution in [2.45, 2.75) is 38.3 Å². The van der Waals surface area contributed by atoms with Crippen molar-refractivity contribution in [3.8, 4) is 5.75 Å². The number of benzene rings is 2. The first kappa shape index (κ1) is 20.3. The molecule has 3 rings (SSSR count). The van der Waals surface area contributed by atoms with Gasteiger partial charge in [0.05, 0.1) is 7.05 Å². The molecule has 0 spiro atoms. The van der Waals surface area contributed by atoms with E-state index in [9.17, 15) is 13.6 Å². The first-order chi connectivity index (χ1) is 13.5. The van der Waals surface area contributed by atoms with Gasteiger partial charge in [0, 0.05) is 18.5 Å². The maximum absolute atomic E-state index is 12.3. The number of hydrogen-bond donors (Lipinski definition) is 2. The summed E-state index contributed by atoms with van der Waals surface area (Å²) in [5.41, 5.74) is 3.73. The molecule has 150 valence electrons. The monoisotopic (exact) mass is 389 g/mol. The highest BCUT2D eigenvalue weighted by Gasteiger charge is 2.27. The van der Waals surface area contributed by atoms with Crippen molar-refractivity contribution in [2.24, 2.45) is 0 Å². The highest BCUT2D eigenvalue weighted by molar-refractivity contribution is 5.76. The summed E-state index contributed by atoms with van der Waals surface area (Å²) < 4.78 is 28.7. The van der Waals surface area contributed by atoms with Crippen molar-refractivity contribution in [3.63, 3.8) is 0 Å². The maximum Gasteiger partial charge on any atom is 0.387 e. The number of aryl methyl sites for hydroxylation is 1. The minimum Gasteiger partial charge on any atom is -0.435 e. The van der Waals surface area contributed by atoms with Gasteiger partial charge in [0.2, 0.25) is 0 Å². The van der Waals surface area contributed by atoms with Gasteiger partial charge in [-0.05, 0) is 42.5 Å². The van der Waals surface area contributed by atoms with Crippen LogP contribution in [0, 0.1) is 0 Å². The van der Waals surface area contributed by atoms with Gasteiger partial charge in [-0.25, -0.2) is 0 Å². The number of carbonyl (C=O) groups is 1. The lowest BCUT2D eigenvalue weighted by Gasteiger charge is -2.30. The predicted octanol–water partition coefficient (Wildman–Crippen LogP) is 2.54. The number of fused-ring (bicyclic) bond motifs is 1. The summed E-state index contributed by atoms with van der Waals surface area (Å²) in [6.45, 7) is -1.87. The molecule has 2 aromatic rings. The molecule has 0 saturated carbocycles. The Morgan fingerprint density at radius 1 is 1.21 bits per heavy atom. The number of halogens is 2. The summed E-state index contributed by atoms with van der Waals surface area (Å²) in [6, 6.07) is 15.4. The third-order valence-corrected chi connectivity index (χ3v) is 5.29. The summed E-state index contributed by atoms with van der Waals surface area (Å²) >= 11 is 0. The molecule has 0 radical (unpaired) electrons. The molecule has 4 nitrogen and oxygen atoms in total. The minimum atomic E-state index is -2.82. The number of hydrogen-bond acceptors (Lipinski definition) is 2. The van der Waals surface area contributed by atoms with Gasteiger partial charge in [0.15, 0.2) is 6.54 Å². The van der Waals surface area contributed by atoms with E-state index in [4.69, 9.17) is 0 Å². The highest BCUT2D eigenvalue weighted by atomic mass is 19.3. The second kappa shape index (κ2) is 9.64. The van der Waals surface area contributed by atoms with Gasteiger partial charge < -0.3 is 15.0 Å². The van der Waals surface area contributed by atoms with Gasteiger partial charge in [-0.15, -0.1) is 0 Å². The van der Waals surface area contributed by atoms with Crippen LogP contribution in [0.4, 0.5) is 8.78 Å². The molecule has 1 aliphatic carbocycles. The average Bonchev–Trinajstić information content (AvgIpc) is 2.68. The van der Waals surface area contributed by atoms with Crippen LogP contribution in [0.1, 0.15) is 35.6 Å². The Morgan fingerprint density at radius 3 is 2.71 bits per heavy atom. The van der Waals surface area contributed by atoms with E-state index in [1.807, 2.05) is 0 Å². The lowest BCUT2D eigenvalue weighted by atomic mass is 9.87. The number of alkyl halides is 2. The van der Waals surface area contributed by atoms with Gasteiger partial charge in [0.1, 0.15) is 11.8 Å². The van der Waals surface area contributed by atoms with E-state index in [1.165, 1.54) is 28.2 Å². The third kappa shape index (κ3) is 5.52. The Hall–Kier alpha value is -2.47. The van der Waals surface area contributed by atoms with Crippen molar-refractivity contribution in [3.05, 3.63) is 65.2 Å². The van der Waals surface area contributed by atoms with E-state index in [0.29, 0.717) is 25.6 Å². The molecular weight excluding hydrogens is 362 g/mol. The van der Waals surface area contributed by atoms with E-state index >= 15 is 0 Å². The minimum absolute atomic E-state index is 0.0261. The molecule has 1 amide bonds. The van der Waals surface area contributed by atoms with Crippen LogP contribution in [-0.2, 0) is 17.6 Å². The normalized spacial score (nSPS) is 17.1. The fourth-order valence-corrected chi connectivity index (χ4v) is 3.89. The molecule has 6 heteroatoms. The number of nitrogens with one attached hydrogen (secondary N) is 2. The molecule has 0 heterocycles. The van der Waals surface area contributed by atoms with Crippen LogP contribution < -0.4 is 15.0 Å². The third-order valence-electron chi connectivity index (χ3n) is 5.29. The van der Waals surface area contributed by atoms with Crippen LogP contribution in [0.3, 0.4) is 0 Å². The van der Waals surface area contributed by atoms with Crippen LogP contribution in [-0.4, -0.2) is 32.7 Å². The van der Waals surface area contributed by atoms with Crippen molar-refractivity contribution in [2.75, 3.05) is 20.1 Å². The fraction of sp³-hybridized carbons (Fsp3) is 0.409. The highest BCUT2D eigenvalue weighted by Crippen LogP contribution is 2.27. The number of rotatable bonds is 8. The summed E-state index contributed by atoms with van der Waals surface area (Å²) in [4.78, 5) is 13.5. The standard InChI is InChI=1S/C22H26F2N2O2/c1-26(20-8-4-6-17-5-2-3-7-19(17)20)15-21(27)25-14-13-16-9-11-18(12-10-16)28-22(23)24/h2-3,5,7,9-12,20,22H,4,6,8,13-15H2,1H3,(H,25,27)/p+1/t20-/m0/s1. The van der Waals surface area contributed by atoms with Gasteiger partial charge >= 0.3 is 6.61 Å². The molecule has 0 fully saturated rings. The van der Waals surface area contributed by atoms with Crippen LogP contribution in [0.25, 0.3) is 0 Å². The molecule has 1 aliphatic rings. The van der Waals surface area contributed by atoms with Crippen LogP contribution in [0.2, 0.25) is 0 Å². The predicted molar refractivity (Wildman–Crippen MR) is 104 cm³/mol. The number of quaternary nitrogens is 1. The van der Waals surface area contributed by atoms with Crippen LogP contribution in [0.15, 0.2) is 48.5 Å². The van der Waals surface area contributed by atoms with E-state index in [2.05, 4.69) is 41.4 Å². The zero-order chi connectivity index (χ0) is 19.9. The fourth-order valence-electron chi connectivity index (χ4n) is 3.89. The Morgan fingerprint density at radius 2 is 1.96 bits per heavy atom.